The second kappa shape index (κ2) is 4.73. The monoisotopic (exact) mass is 269 g/mol. The van der Waals surface area contributed by atoms with Gasteiger partial charge in [-0.2, -0.15) is 0 Å². The number of ether oxygens (including phenoxy) is 1. The van der Waals surface area contributed by atoms with Gasteiger partial charge >= 0.3 is 0 Å². The van der Waals surface area contributed by atoms with Crippen molar-refractivity contribution in [3.63, 3.8) is 0 Å². The number of aromatic nitrogens is 3. The molecule has 0 atom stereocenters. The van der Waals surface area contributed by atoms with Gasteiger partial charge in [-0.1, -0.05) is 0 Å². The third-order valence-corrected chi connectivity index (χ3v) is 3.15. The van der Waals surface area contributed by atoms with Gasteiger partial charge in [0, 0.05) is 25.1 Å². The van der Waals surface area contributed by atoms with Crippen LogP contribution in [0.5, 0.6) is 5.75 Å². The lowest BCUT2D eigenvalue weighted by Crippen LogP contribution is -2.14. The number of benzene rings is 1. The summed E-state index contributed by atoms with van der Waals surface area (Å²) in [6, 6.07) is 7.73. The minimum absolute atomic E-state index is 0.450. The fraction of sp³-hybridized carbons (Fsp3) is 0.143. The van der Waals surface area contributed by atoms with E-state index in [2.05, 4.69) is 9.97 Å². The summed E-state index contributed by atoms with van der Waals surface area (Å²) in [5.41, 5.74) is 7.58. The Labute approximate surface area is 116 Å². The molecule has 1 aromatic carbocycles. The van der Waals surface area contributed by atoms with Gasteiger partial charge in [0.25, 0.3) is 0 Å². The SMILES string of the molecule is COc1ccc(N(C)c2nc(N)cn3ccnc23)cc1. The molecule has 6 heteroatoms. The quantitative estimate of drug-likeness (QED) is 0.788. The number of fused-ring (bicyclic) bond motifs is 1. The largest absolute Gasteiger partial charge is 0.497 e. The Bertz CT molecular complexity index is 735. The van der Waals surface area contributed by atoms with Crippen LogP contribution in [0.3, 0.4) is 0 Å². The number of methoxy groups -OCH3 is 1. The Balaban J connectivity index is 2.06. The molecule has 0 unspecified atom stereocenters. The van der Waals surface area contributed by atoms with Crippen LogP contribution in [-0.2, 0) is 0 Å². The van der Waals surface area contributed by atoms with Crippen LogP contribution in [0.2, 0.25) is 0 Å². The Hall–Kier alpha value is -2.76. The highest BCUT2D eigenvalue weighted by Gasteiger charge is 2.12. The molecule has 2 heterocycles. The van der Waals surface area contributed by atoms with Gasteiger partial charge < -0.3 is 19.8 Å². The van der Waals surface area contributed by atoms with Gasteiger partial charge in [0.1, 0.15) is 11.6 Å². The van der Waals surface area contributed by atoms with Gasteiger partial charge in [-0.05, 0) is 24.3 Å². The standard InChI is InChI=1S/C14H15N5O/c1-18(10-3-5-11(20-2)6-4-10)14-13-16-7-8-19(13)9-12(15)17-14/h3-9H,15H2,1-2H3. The predicted octanol–water partition coefficient (Wildman–Crippen LogP) is 2.09. The molecule has 20 heavy (non-hydrogen) atoms. The van der Waals surface area contributed by atoms with E-state index in [1.54, 1.807) is 19.5 Å². The van der Waals surface area contributed by atoms with Gasteiger partial charge in [0.2, 0.25) is 0 Å². The summed E-state index contributed by atoms with van der Waals surface area (Å²) in [5.74, 6) is 1.97. The predicted molar refractivity (Wildman–Crippen MR) is 78.5 cm³/mol. The molecule has 0 bridgehead atoms. The molecule has 6 nitrogen and oxygen atoms in total. The third kappa shape index (κ3) is 2.01. The minimum atomic E-state index is 0.450. The first-order valence-corrected chi connectivity index (χ1v) is 6.16. The molecule has 0 aliphatic heterocycles. The molecule has 0 fully saturated rings. The van der Waals surface area contributed by atoms with Crippen LogP contribution in [0, 0.1) is 0 Å². The molecule has 0 amide bonds. The molecule has 0 saturated carbocycles. The molecule has 0 radical (unpaired) electrons. The fourth-order valence-electron chi connectivity index (χ4n) is 2.09. The second-order valence-electron chi connectivity index (χ2n) is 4.40. The van der Waals surface area contributed by atoms with E-state index >= 15 is 0 Å². The van der Waals surface area contributed by atoms with E-state index in [4.69, 9.17) is 10.5 Å². The summed E-state index contributed by atoms with van der Waals surface area (Å²) in [5, 5.41) is 0. The van der Waals surface area contributed by atoms with Gasteiger partial charge in [-0.15, -0.1) is 0 Å². The topological polar surface area (TPSA) is 68.7 Å². The summed E-state index contributed by atoms with van der Waals surface area (Å²) in [7, 11) is 3.57. The maximum atomic E-state index is 5.84. The Morgan fingerprint density at radius 3 is 2.70 bits per heavy atom. The number of imidazole rings is 1. The summed E-state index contributed by atoms with van der Waals surface area (Å²) in [6.45, 7) is 0. The number of anilines is 3. The molecule has 0 saturated heterocycles. The van der Waals surface area contributed by atoms with Crippen molar-refractivity contribution < 1.29 is 4.74 Å². The van der Waals surface area contributed by atoms with E-state index in [-0.39, 0.29) is 0 Å². The van der Waals surface area contributed by atoms with Crippen molar-refractivity contribution in [1.82, 2.24) is 14.4 Å². The van der Waals surface area contributed by atoms with Crippen LogP contribution in [-0.4, -0.2) is 28.5 Å². The average molecular weight is 269 g/mol. The minimum Gasteiger partial charge on any atom is -0.497 e. The average Bonchev–Trinajstić information content (AvgIpc) is 2.94. The van der Waals surface area contributed by atoms with E-state index in [1.807, 2.05) is 46.8 Å². The number of rotatable bonds is 3. The molecule has 3 aromatic rings. The lowest BCUT2D eigenvalue weighted by atomic mass is 10.3. The lowest BCUT2D eigenvalue weighted by Gasteiger charge is -2.19. The molecule has 3 rings (SSSR count). The number of nitrogen functional groups attached to an aromatic ring is 1. The van der Waals surface area contributed by atoms with Gasteiger partial charge in [-0.3, -0.25) is 0 Å². The van der Waals surface area contributed by atoms with Crippen molar-refractivity contribution in [3.05, 3.63) is 42.9 Å². The Morgan fingerprint density at radius 1 is 1.25 bits per heavy atom. The Morgan fingerprint density at radius 2 is 2.00 bits per heavy atom. The van der Waals surface area contributed by atoms with Gasteiger partial charge in [-0.25, -0.2) is 9.97 Å². The van der Waals surface area contributed by atoms with Crippen molar-refractivity contribution >= 4 is 23.0 Å². The highest BCUT2D eigenvalue weighted by Crippen LogP contribution is 2.27. The highest BCUT2D eigenvalue weighted by molar-refractivity contribution is 5.73. The zero-order valence-electron chi connectivity index (χ0n) is 11.3. The fourth-order valence-corrected chi connectivity index (χ4v) is 2.09. The molecule has 0 aliphatic rings. The first-order chi connectivity index (χ1) is 9.69. The highest BCUT2D eigenvalue weighted by atomic mass is 16.5. The first-order valence-electron chi connectivity index (χ1n) is 6.16. The number of nitrogens with two attached hydrogens (primary N) is 1. The van der Waals surface area contributed by atoms with Crippen LogP contribution in [0.1, 0.15) is 0 Å². The van der Waals surface area contributed by atoms with E-state index < -0.39 is 0 Å². The van der Waals surface area contributed by atoms with Gasteiger partial charge in [0.15, 0.2) is 11.5 Å². The van der Waals surface area contributed by atoms with E-state index in [9.17, 15) is 0 Å². The van der Waals surface area contributed by atoms with Crippen LogP contribution in [0.25, 0.3) is 5.65 Å². The maximum Gasteiger partial charge on any atom is 0.180 e. The summed E-state index contributed by atoms with van der Waals surface area (Å²) in [6.07, 6.45) is 5.31. The molecule has 2 N–H and O–H groups in total. The van der Waals surface area contributed by atoms with Crippen molar-refractivity contribution in [2.45, 2.75) is 0 Å². The first kappa shape index (κ1) is 12.3. The van der Waals surface area contributed by atoms with Crippen LogP contribution in [0.4, 0.5) is 17.3 Å². The molecule has 2 aromatic heterocycles. The van der Waals surface area contributed by atoms with Crippen molar-refractivity contribution in [3.8, 4) is 5.75 Å². The van der Waals surface area contributed by atoms with E-state index in [0.29, 0.717) is 11.6 Å². The number of hydrogen-bond acceptors (Lipinski definition) is 5. The summed E-state index contributed by atoms with van der Waals surface area (Å²) < 4.78 is 7.02. The zero-order valence-corrected chi connectivity index (χ0v) is 11.3. The second-order valence-corrected chi connectivity index (χ2v) is 4.40. The smallest absolute Gasteiger partial charge is 0.180 e. The maximum absolute atomic E-state index is 5.84. The number of nitrogens with zero attached hydrogens (tertiary/aromatic N) is 4. The molecular weight excluding hydrogens is 254 g/mol. The summed E-state index contributed by atoms with van der Waals surface area (Å²) >= 11 is 0. The molecule has 0 spiro atoms. The molecule has 102 valence electrons. The Kier molecular flexibility index (Phi) is 2.90. The van der Waals surface area contributed by atoms with E-state index in [1.165, 1.54) is 0 Å². The van der Waals surface area contributed by atoms with Crippen LogP contribution in [0.15, 0.2) is 42.9 Å². The third-order valence-electron chi connectivity index (χ3n) is 3.15. The van der Waals surface area contributed by atoms with Crippen LogP contribution < -0.4 is 15.4 Å². The van der Waals surface area contributed by atoms with Crippen molar-refractivity contribution in [1.29, 1.82) is 0 Å². The summed E-state index contributed by atoms with van der Waals surface area (Å²) in [4.78, 5) is 10.6. The molecular formula is C14H15N5O. The zero-order chi connectivity index (χ0) is 14.1. The van der Waals surface area contributed by atoms with Gasteiger partial charge in [0.05, 0.1) is 13.3 Å². The number of hydrogen-bond donors (Lipinski definition) is 1. The normalized spacial score (nSPS) is 10.7. The van der Waals surface area contributed by atoms with Crippen molar-refractivity contribution in [2.75, 3.05) is 24.8 Å². The van der Waals surface area contributed by atoms with Crippen LogP contribution >= 0.6 is 0 Å². The van der Waals surface area contributed by atoms with Crippen molar-refractivity contribution in [2.24, 2.45) is 0 Å². The molecule has 0 aliphatic carbocycles. The lowest BCUT2D eigenvalue weighted by molar-refractivity contribution is 0.415. The van der Waals surface area contributed by atoms with E-state index in [0.717, 1.165) is 17.1 Å².